The van der Waals surface area contributed by atoms with E-state index in [9.17, 15) is 13.2 Å². The molecule has 0 heterocycles. The molecule has 1 saturated carbocycles. The van der Waals surface area contributed by atoms with Gasteiger partial charge in [0.15, 0.2) is 0 Å². The van der Waals surface area contributed by atoms with E-state index in [2.05, 4.69) is 12.2 Å². The van der Waals surface area contributed by atoms with E-state index in [1.807, 2.05) is 0 Å². The van der Waals surface area contributed by atoms with Crippen molar-refractivity contribution in [3.8, 4) is 0 Å². The van der Waals surface area contributed by atoms with Gasteiger partial charge in [-0.3, -0.25) is 0 Å². The Morgan fingerprint density at radius 1 is 1.19 bits per heavy atom. The number of thioether (sulfide) groups is 1. The molecule has 0 saturated heterocycles. The summed E-state index contributed by atoms with van der Waals surface area (Å²) < 4.78 is 35.6. The fourth-order valence-electron chi connectivity index (χ4n) is 2.12. The Morgan fingerprint density at radius 2 is 1.94 bits per heavy atom. The van der Waals surface area contributed by atoms with Crippen molar-refractivity contribution in [2.45, 2.75) is 50.6 Å². The molecule has 1 aliphatic carbocycles. The first-order valence-corrected chi connectivity index (χ1v) is 6.90. The summed E-state index contributed by atoms with van der Waals surface area (Å²) in [7, 11) is 0. The number of alkyl halides is 3. The number of nitrogens with one attached hydrogen (secondary N) is 1. The van der Waals surface area contributed by atoms with Gasteiger partial charge < -0.3 is 5.32 Å². The largest absolute Gasteiger partial charge is 0.441 e. The third-order valence-corrected chi connectivity index (χ3v) is 3.79. The molecule has 96 valence electrons. The molecule has 16 heavy (non-hydrogen) atoms. The van der Waals surface area contributed by atoms with E-state index in [-0.39, 0.29) is 17.5 Å². The van der Waals surface area contributed by atoms with Gasteiger partial charge in [0.2, 0.25) is 0 Å². The van der Waals surface area contributed by atoms with Crippen LogP contribution < -0.4 is 5.32 Å². The van der Waals surface area contributed by atoms with E-state index in [4.69, 9.17) is 0 Å². The first kappa shape index (κ1) is 14.2. The topological polar surface area (TPSA) is 12.0 Å². The van der Waals surface area contributed by atoms with Crippen LogP contribution in [0.1, 0.15) is 39.0 Å². The molecule has 0 bridgehead atoms. The summed E-state index contributed by atoms with van der Waals surface area (Å²) in [6.45, 7) is 2.71. The Bertz CT molecular complexity index is 196. The van der Waals surface area contributed by atoms with Gasteiger partial charge >= 0.3 is 5.51 Å². The molecule has 0 radical (unpaired) electrons. The van der Waals surface area contributed by atoms with E-state index in [0.29, 0.717) is 12.6 Å². The van der Waals surface area contributed by atoms with Gasteiger partial charge in [-0.05, 0) is 36.9 Å². The zero-order chi connectivity index (χ0) is 12.0. The Balaban J connectivity index is 2.08. The average molecular weight is 255 g/mol. The van der Waals surface area contributed by atoms with Gasteiger partial charge in [0, 0.05) is 18.3 Å². The highest BCUT2D eigenvalue weighted by Crippen LogP contribution is 2.29. The summed E-state index contributed by atoms with van der Waals surface area (Å²) in [5, 5.41) is 3.23. The monoisotopic (exact) mass is 255 g/mol. The van der Waals surface area contributed by atoms with E-state index in [1.54, 1.807) is 0 Å². The van der Waals surface area contributed by atoms with Gasteiger partial charge in [0.25, 0.3) is 0 Å². The smallest absolute Gasteiger partial charge is 0.313 e. The highest BCUT2D eigenvalue weighted by Gasteiger charge is 2.27. The average Bonchev–Trinajstić information content (AvgIpc) is 2.37. The summed E-state index contributed by atoms with van der Waals surface area (Å²) in [5.74, 6) is 0.895. The van der Waals surface area contributed by atoms with Crippen LogP contribution in [0.5, 0.6) is 0 Å². The van der Waals surface area contributed by atoms with Gasteiger partial charge in [-0.1, -0.05) is 19.8 Å². The summed E-state index contributed by atoms with van der Waals surface area (Å²) in [5.41, 5.74) is -4.08. The third-order valence-electron chi connectivity index (χ3n) is 3.06. The lowest BCUT2D eigenvalue weighted by Gasteiger charge is -2.16. The number of rotatable bonds is 4. The predicted octanol–water partition coefficient (Wildman–Crippen LogP) is 3.80. The van der Waals surface area contributed by atoms with Gasteiger partial charge in [-0.2, -0.15) is 13.2 Å². The van der Waals surface area contributed by atoms with Gasteiger partial charge in [0.1, 0.15) is 0 Å². The minimum Gasteiger partial charge on any atom is -0.313 e. The molecular formula is C11H20F3NS. The van der Waals surface area contributed by atoms with Crippen molar-refractivity contribution in [2.75, 3.05) is 12.3 Å². The standard InChI is InChI=1S/C11H20F3NS/c1-9-3-2-4-10(6-5-9)15-7-8-16-11(12,13)14/h9-10,15H,2-8H2,1H3. The Labute approximate surface area is 99.6 Å². The molecule has 2 atom stereocenters. The lowest BCUT2D eigenvalue weighted by molar-refractivity contribution is -0.0327. The molecule has 5 heteroatoms. The number of halogens is 3. The summed E-state index contributed by atoms with van der Waals surface area (Å²) in [4.78, 5) is 0. The second kappa shape index (κ2) is 6.74. The lowest BCUT2D eigenvalue weighted by Crippen LogP contribution is -2.30. The zero-order valence-electron chi connectivity index (χ0n) is 9.65. The number of hydrogen-bond acceptors (Lipinski definition) is 2. The molecule has 1 fully saturated rings. The molecule has 1 rings (SSSR count). The van der Waals surface area contributed by atoms with Crippen LogP contribution in [-0.2, 0) is 0 Å². The minimum absolute atomic E-state index is 0.0654. The van der Waals surface area contributed by atoms with Crippen LogP contribution in [0.4, 0.5) is 13.2 Å². The second-order valence-electron chi connectivity index (χ2n) is 4.56. The molecule has 0 amide bonds. The predicted molar refractivity (Wildman–Crippen MR) is 62.6 cm³/mol. The Kier molecular flexibility index (Phi) is 5.97. The van der Waals surface area contributed by atoms with Crippen LogP contribution in [0.3, 0.4) is 0 Å². The van der Waals surface area contributed by atoms with Crippen LogP contribution >= 0.6 is 11.8 Å². The molecule has 0 aromatic carbocycles. The van der Waals surface area contributed by atoms with Crippen molar-refractivity contribution in [2.24, 2.45) is 5.92 Å². The third kappa shape index (κ3) is 6.63. The molecule has 1 N–H and O–H groups in total. The van der Waals surface area contributed by atoms with Crippen molar-refractivity contribution >= 4 is 11.8 Å². The van der Waals surface area contributed by atoms with Crippen molar-refractivity contribution < 1.29 is 13.2 Å². The molecule has 2 unspecified atom stereocenters. The van der Waals surface area contributed by atoms with E-state index >= 15 is 0 Å². The fraction of sp³-hybridized carbons (Fsp3) is 1.00. The highest BCUT2D eigenvalue weighted by molar-refractivity contribution is 8.00. The van der Waals surface area contributed by atoms with Gasteiger partial charge in [0.05, 0.1) is 0 Å². The van der Waals surface area contributed by atoms with Gasteiger partial charge in [-0.25, -0.2) is 0 Å². The number of hydrogen-bond donors (Lipinski definition) is 1. The highest BCUT2D eigenvalue weighted by atomic mass is 32.2. The van der Waals surface area contributed by atoms with Crippen molar-refractivity contribution in [3.63, 3.8) is 0 Å². The van der Waals surface area contributed by atoms with E-state index < -0.39 is 5.51 Å². The molecule has 1 nitrogen and oxygen atoms in total. The second-order valence-corrected chi connectivity index (χ2v) is 5.72. The summed E-state index contributed by atoms with van der Waals surface area (Å²) >= 11 is 0.0654. The van der Waals surface area contributed by atoms with E-state index in [0.717, 1.165) is 18.8 Å². The van der Waals surface area contributed by atoms with E-state index in [1.165, 1.54) is 19.3 Å². The van der Waals surface area contributed by atoms with Crippen molar-refractivity contribution in [1.82, 2.24) is 5.32 Å². The Hall–Kier alpha value is 0.100. The van der Waals surface area contributed by atoms with Crippen LogP contribution in [0.2, 0.25) is 0 Å². The maximum atomic E-state index is 11.9. The van der Waals surface area contributed by atoms with Gasteiger partial charge in [-0.15, -0.1) is 0 Å². The molecule has 0 aliphatic heterocycles. The quantitative estimate of drug-likeness (QED) is 0.606. The summed E-state index contributed by atoms with van der Waals surface area (Å²) in [6, 6.07) is 0.429. The molecule has 0 aromatic heterocycles. The lowest BCUT2D eigenvalue weighted by atomic mass is 10.0. The minimum atomic E-state index is -4.08. The molecular weight excluding hydrogens is 235 g/mol. The first-order chi connectivity index (χ1) is 7.47. The zero-order valence-corrected chi connectivity index (χ0v) is 10.5. The molecule has 1 aliphatic rings. The summed E-state index contributed by atoms with van der Waals surface area (Å²) in [6.07, 6.45) is 5.88. The normalized spacial score (nSPS) is 27.8. The van der Waals surface area contributed by atoms with Crippen LogP contribution in [-0.4, -0.2) is 23.8 Å². The Morgan fingerprint density at radius 3 is 2.62 bits per heavy atom. The SMILES string of the molecule is CC1CCCC(NCCSC(F)(F)F)CC1. The first-order valence-electron chi connectivity index (χ1n) is 5.91. The van der Waals surface area contributed by atoms with Crippen molar-refractivity contribution in [3.05, 3.63) is 0 Å². The maximum absolute atomic E-state index is 11.9. The maximum Gasteiger partial charge on any atom is 0.441 e. The molecule has 0 aromatic rings. The van der Waals surface area contributed by atoms with Crippen molar-refractivity contribution in [1.29, 1.82) is 0 Å². The van der Waals surface area contributed by atoms with Crippen LogP contribution in [0.15, 0.2) is 0 Å². The molecule has 0 spiro atoms. The van der Waals surface area contributed by atoms with Crippen LogP contribution in [0, 0.1) is 5.92 Å². The van der Waals surface area contributed by atoms with Crippen LogP contribution in [0.25, 0.3) is 0 Å². The fourth-order valence-corrected chi connectivity index (χ4v) is 2.57.